The van der Waals surface area contributed by atoms with E-state index in [1.54, 1.807) is 0 Å². The third kappa shape index (κ3) is 3.11. The lowest BCUT2D eigenvalue weighted by Gasteiger charge is -2.30. The number of rotatable bonds is 2. The van der Waals surface area contributed by atoms with E-state index in [0.717, 1.165) is 38.8 Å². The highest BCUT2D eigenvalue weighted by Crippen LogP contribution is 2.22. The van der Waals surface area contributed by atoms with Crippen LogP contribution < -0.4 is 0 Å². The number of amides is 2. The Labute approximate surface area is 101 Å². The van der Waals surface area contributed by atoms with E-state index in [-0.39, 0.29) is 5.91 Å². The van der Waals surface area contributed by atoms with Crippen molar-refractivity contribution in [3.63, 3.8) is 0 Å². The van der Waals surface area contributed by atoms with Gasteiger partial charge in [-0.25, -0.2) is 4.79 Å². The van der Waals surface area contributed by atoms with Crippen molar-refractivity contribution in [3.05, 3.63) is 0 Å². The van der Waals surface area contributed by atoms with Crippen molar-refractivity contribution in [1.29, 1.82) is 0 Å². The number of hydrogen-bond acceptors (Lipinski definition) is 2. The molecule has 5 heteroatoms. The molecule has 2 amide bonds. The molecule has 17 heavy (non-hydrogen) atoms. The third-order valence-electron chi connectivity index (χ3n) is 3.81. The van der Waals surface area contributed by atoms with Crippen LogP contribution in [-0.4, -0.2) is 53.1 Å². The Balaban J connectivity index is 1.74. The summed E-state index contributed by atoms with van der Waals surface area (Å²) < 4.78 is 0. The fraction of sp³-hybridized carbons (Fsp3) is 0.833. The number of carbonyl (C=O) groups excluding carboxylic acids is 1. The molecule has 0 unspecified atom stereocenters. The molecule has 1 N–H and O–H groups in total. The van der Waals surface area contributed by atoms with E-state index in [9.17, 15) is 9.59 Å². The molecule has 2 aliphatic rings. The first-order valence-corrected chi connectivity index (χ1v) is 6.42. The molecular formula is C12H20N2O3. The van der Waals surface area contributed by atoms with Gasteiger partial charge in [-0.1, -0.05) is 0 Å². The van der Waals surface area contributed by atoms with Gasteiger partial charge in [0.1, 0.15) is 0 Å². The van der Waals surface area contributed by atoms with Crippen LogP contribution in [0.2, 0.25) is 0 Å². The van der Waals surface area contributed by atoms with E-state index in [1.807, 2.05) is 4.90 Å². The second kappa shape index (κ2) is 5.38. The molecule has 0 spiro atoms. The molecule has 96 valence electrons. The van der Waals surface area contributed by atoms with Crippen LogP contribution in [-0.2, 0) is 4.79 Å². The van der Waals surface area contributed by atoms with Crippen molar-refractivity contribution >= 4 is 12.0 Å². The highest BCUT2D eigenvalue weighted by molar-refractivity contribution is 5.76. The normalized spacial score (nSPS) is 21.9. The van der Waals surface area contributed by atoms with Gasteiger partial charge in [-0.05, 0) is 31.6 Å². The molecule has 0 aromatic carbocycles. The van der Waals surface area contributed by atoms with Crippen LogP contribution in [0.25, 0.3) is 0 Å². The van der Waals surface area contributed by atoms with Crippen LogP contribution in [0.1, 0.15) is 32.1 Å². The van der Waals surface area contributed by atoms with Crippen molar-refractivity contribution in [3.8, 4) is 0 Å². The Hall–Kier alpha value is -1.26. The Bertz CT molecular complexity index is 292. The van der Waals surface area contributed by atoms with Gasteiger partial charge in [-0.2, -0.15) is 0 Å². The Morgan fingerprint density at radius 1 is 1.00 bits per heavy atom. The van der Waals surface area contributed by atoms with Crippen LogP contribution in [0, 0.1) is 5.92 Å². The largest absolute Gasteiger partial charge is 0.465 e. The topological polar surface area (TPSA) is 60.9 Å². The highest BCUT2D eigenvalue weighted by atomic mass is 16.4. The molecular weight excluding hydrogens is 220 g/mol. The highest BCUT2D eigenvalue weighted by Gasteiger charge is 2.26. The Kier molecular flexibility index (Phi) is 3.86. The second-order valence-electron chi connectivity index (χ2n) is 5.01. The van der Waals surface area contributed by atoms with Gasteiger partial charge in [0, 0.05) is 32.6 Å². The summed E-state index contributed by atoms with van der Waals surface area (Å²) in [7, 11) is 0. The minimum atomic E-state index is -0.839. The summed E-state index contributed by atoms with van der Waals surface area (Å²) >= 11 is 0. The number of piperidine rings is 1. The van der Waals surface area contributed by atoms with Gasteiger partial charge in [-0.15, -0.1) is 0 Å². The molecule has 0 aromatic rings. The quantitative estimate of drug-likeness (QED) is 0.793. The summed E-state index contributed by atoms with van der Waals surface area (Å²) in [5.74, 6) is 0.634. The molecule has 0 radical (unpaired) electrons. The molecule has 0 atom stereocenters. The third-order valence-corrected chi connectivity index (χ3v) is 3.81. The smallest absolute Gasteiger partial charge is 0.407 e. The SMILES string of the molecule is O=C(O)N1CCC(CC(=O)N2CCCC2)CC1. The predicted octanol–water partition coefficient (Wildman–Crippen LogP) is 1.39. The van der Waals surface area contributed by atoms with Gasteiger partial charge in [0.15, 0.2) is 0 Å². The summed E-state index contributed by atoms with van der Waals surface area (Å²) in [6.07, 6.45) is 3.67. The van der Waals surface area contributed by atoms with Crippen LogP contribution >= 0.6 is 0 Å². The number of carboxylic acid groups (broad SMARTS) is 1. The van der Waals surface area contributed by atoms with Crippen molar-refractivity contribution < 1.29 is 14.7 Å². The lowest BCUT2D eigenvalue weighted by molar-refractivity contribution is -0.131. The van der Waals surface area contributed by atoms with Gasteiger partial charge in [0.25, 0.3) is 0 Å². The van der Waals surface area contributed by atoms with Gasteiger partial charge in [0.05, 0.1) is 0 Å². The standard InChI is InChI=1S/C12H20N2O3/c15-11(13-5-1-2-6-13)9-10-3-7-14(8-4-10)12(16)17/h10H,1-9H2,(H,16,17). The molecule has 2 heterocycles. The number of likely N-dealkylation sites (tertiary alicyclic amines) is 2. The molecule has 2 aliphatic heterocycles. The molecule has 2 rings (SSSR count). The zero-order valence-electron chi connectivity index (χ0n) is 10.1. The van der Waals surface area contributed by atoms with Crippen LogP contribution in [0.3, 0.4) is 0 Å². The molecule has 0 saturated carbocycles. The Morgan fingerprint density at radius 3 is 2.12 bits per heavy atom. The van der Waals surface area contributed by atoms with Gasteiger partial charge in [-0.3, -0.25) is 4.79 Å². The van der Waals surface area contributed by atoms with Gasteiger partial charge < -0.3 is 14.9 Å². The molecule has 5 nitrogen and oxygen atoms in total. The molecule has 0 bridgehead atoms. The van der Waals surface area contributed by atoms with E-state index < -0.39 is 6.09 Å². The van der Waals surface area contributed by atoms with Crippen molar-refractivity contribution in [1.82, 2.24) is 9.80 Å². The fourth-order valence-corrected chi connectivity index (χ4v) is 2.67. The van der Waals surface area contributed by atoms with E-state index in [1.165, 1.54) is 4.90 Å². The zero-order chi connectivity index (χ0) is 12.3. The maximum Gasteiger partial charge on any atom is 0.407 e. The monoisotopic (exact) mass is 240 g/mol. The molecule has 0 aliphatic carbocycles. The minimum Gasteiger partial charge on any atom is -0.465 e. The number of nitrogens with zero attached hydrogens (tertiary/aromatic N) is 2. The summed E-state index contributed by atoms with van der Waals surface area (Å²) in [6.45, 7) is 2.97. The van der Waals surface area contributed by atoms with E-state index in [2.05, 4.69) is 0 Å². The first-order valence-electron chi connectivity index (χ1n) is 6.42. The summed E-state index contributed by atoms with van der Waals surface area (Å²) in [6, 6.07) is 0. The van der Waals surface area contributed by atoms with Gasteiger partial charge >= 0.3 is 6.09 Å². The maximum atomic E-state index is 11.9. The lowest BCUT2D eigenvalue weighted by atomic mass is 9.93. The van der Waals surface area contributed by atoms with Crippen molar-refractivity contribution in [2.45, 2.75) is 32.1 Å². The molecule has 2 saturated heterocycles. The van der Waals surface area contributed by atoms with Gasteiger partial charge in [0.2, 0.25) is 5.91 Å². The summed E-state index contributed by atoms with van der Waals surface area (Å²) in [5.41, 5.74) is 0. The van der Waals surface area contributed by atoms with Crippen molar-refractivity contribution in [2.24, 2.45) is 5.92 Å². The Morgan fingerprint density at radius 2 is 1.59 bits per heavy atom. The van der Waals surface area contributed by atoms with E-state index in [0.29, 0.717) is 25.4 Å². The summed E-state index contributed by atoms with van der Waals surface area (Å²) in [5, 5.41) is 8.83. The number of carbonyl (C=O) groups is 2. The van der Waals surface area contributed by atoms with Crippen LogP contribution in [0.4, 0.5) is 4.79 Å². The molecule has 0 aromatic heterocycles. The average Bonchev–Trinajstić information content (AvgIpc) is 2.83. The second-order valence-corrected chi connectivity index (χ2v) is 5.01. The first-order chi connectivity index (χ1) is 8.16. The summed E-state index contributed by atoms with van der Waals surface area (Å²) in [4.78, 5) is 26.1. The van der Waals surface area contributed by atoms with E-state index >= 15 is 0 Å². The van der Waals surface area contributed by atoms with Crippen molar-refractivity contribution in [2.75, 3.05) is 26.2 Å². The average molecular weight is 240 g/mol. The number of hydrogen-bond donors (Lipinski definition) is 1. The lowest BCUT2D eigenvalue weighted by Crippen LogP contribution is -2.39. The molecule has 2 fully saturated rings. The fourth-order valence-electron chi connectivity index (χ4n) is 2.67. The van der Waals surface area contributed by atoms with E-state index in [4.69, 9.17) is 5.11 Å². The van der Waals surface area contributed by atoms with Crippen LogP contribution in [0.5, 0.6) is 0 Å². The van der Waals surface area contributed by atoms with Crippen LogP contribution in [0.15, 0.2) is 0 Å². The zero-order valence-corrected chi connectivity index (χ0v) is 10.1. The first kappa shape index (κ1) is 12.2. The predicted molar refractivity (Wildman–Crippen MR) is 62.8 cm³/mol. The maximum absolute atomic E-state index is 11.9. The minimum absolute atomic E-state index is 0.260.